The molecule has 1 saturated heterocycles. The number of hydrogen-bond donors (Lipinski definition) is 1. The lowest BCUT2D eigenvalue weighted by Crippen LogP contribution is -2.40. The molecule has 0 aliphatic carbocycles. The summed E-state index contributed by atoms with van der Waals surface area (Å²) in [6.45, 7) is 0. The average Bonchev–Trinajstić information content (AvgIpc) is 3.33. The molecule has 7 nitrogen and oxygen atoms in total. The first-order valence-electron chi connectivity index (χ1n) is 13.1. The van der Waals surface area contributed by atoms with E-state index in [1.807, 2.05) is 30.3 Å². The Kier molecular flexibility index (Phi) is 7.30. The zero-order valence-electron chi connectivity index (χ0n) is 22.2. The topological polar surface area (TPSA) is 115 Å². The highest BCUT2D eigenvalue weighted by atomic mass is 32.2. The zero-order chi connectivity index (χ0) is 29.5. The first-order valence-corrected chi connectivity index (χ1v) is 17.0. The quantitative estimate of drug-likeness (QED) is 0.304. The van der Waals surface area contributed by atoms with E-state index in [-0.39, 0.29) is 30.5 Å². The maximum Gasteiger partial charge on any atom is 0.247 e. The van der Waals surface area contributed by atoms with Crippen LogP contribution < -0.4 is 5.73 Å². The predicted octanol–water partition coefficient (Wildman–Crippen LogP) is 5.22. The Morgan fingerprint density at radius 3 is 1.62 bits per heavy atom. The Hall–Kier alpha value is -4.12. The Labute approximate surface area is 249 Å². The molecule has 0 bridgehead atoms. The Morgan fingerprint density at radius 2 is 1.10 bits per heavy atom. The number of sulfone groups is 2. The van der Waals surface area contributed by atoms with Crippen molar-refractivity contribution in [1.29, 1.82) is 0 Å². The lowest BCUT2D eigenvalue weighted by atomic mass is 9.96. The summed E-state index contributed by atoms with van der Waals surface area (Å²) in [5, 5.41) is -0.583. The summed E-state index contributed by atoms with van der Waals surface area (Å²) in [4.78, 5) is 14.5. The number of amides is 1. The van der Waals surface area contributed by atoms with E-state index in [4.69, 9.17) is 5.73 Å². The van der Waals surface area contributed by atoms with Crippen LogP contribution in [0.25, 0.3) is 0 Å². The first-order chi connectivity index (χ1) is 20.2. The van der Waals surface area contributed by atoms with Crippen molar-refractivity contribution >= 4 is 37.3 Å². The average molecular weight is 615 g/mol. The maximum atomic E-state index is 14.5. The van der Waals surface area contributed by atoms with Gasteiger partial charge in [-0.1, -0.05) is 109 Å². The van der Waals surface area contributed by atoms with Crippen LogP contribution in [0, 0.1) is 0 Å². The summed E-state index contributed by atoms with van der Waals surface area (Å²) in [5.41, 5.74) is 7.98. The van der Waals surface area contributed by atoms with Crippen LogP contribution in [-0.2, 0) is 30.9 Å². The van der Waals surface area contributed by atoms with E-state index in [0.717, 1.165) is 22.2 Å². The van der Waals surface area contributed by atoms with Crippen molar-refractivity contribution in [3.8, 4) is 0 Å². The second kappa shape index (κ2) is 10.9. The van der Waals surface area contributed by atoms with Crippen LogP contribution >= 0.6 is 11.8 Å². The monoisotopic (exact) mass is 614 g/mol. The van der Waals surface area contributed by atoms with Crippen LogP contribution in [0.5, 0.6) is 0 Å². The van der Waals surface area contributed by atoms with E-state index >= 15 is 0 Å². The molecule has 2 N–H and O–H groups in total. The number of allylic oxidation sites excluding steroid dienone is 2. The second-order valence-electron chi connectivity index (χ2n) is 9.87. The van der Waals surface area contributed by atoms with E-state index in [9.17, 15) is 21.6 Å². The van der Waals surface area contributed by atoms with Crippen LogP contribution in [-0.4, -0.2) is 32.9 Å². The molecule has 2 unspecified atom stereocenters. The number of nitrogens with zero attached hydrogens (tertiary/aromatic N) is 1. The summed E-state index contributed by atoms with van der Waals surface area (Å²) in [5.74, 6) is -2.05. The third kappa shape index (κ3) is 4.75. The molecule has 2 aliphatic rings. The lowest BCUT2D eigenvalue weighted by Gasteiger charge is -2.34. The molecule has 2 heterocycles. The molecule has 10 heteroatoms. The Bertz CT molecular complexity index is 1930. The minimum Gasteiger partial charge on any atom is -0.384 e. The molecule has 4 aromatic rings. The maximum absolute atomic E-state index is 14.5. The number of benzene rings is 4. The fourth-order valence-corrected chi connectivity index (χ4v) is 10.5. The summed E-state index contributed by atoms with van der Waals surface area (Å²) < 4.78 is 57.8. The van der Waals surface area contributed by atoms with Crippen molar-refractivity contribution in [3.63, 3.8) is 0 Å². The number of nitrogens with two attached hydrogens (primary N) is 1. The fourth-order valence-electron chi connectivity index (χ4n) is 5.30. The molecule has 1 amide bonds. The third-order valence-corrected chi connectivity index (χ3v) is 12.5. The van der Waals surface area contributed by atoms with E-state index in [1.54, 1.807) is 66.7 Å². The zero-order valence-corrected chi connectivity index (χ0v) is 24.6. The molecule has 4 aromatic carbocycles. The first kappa shape index (κ1) is 28.0. The van der Waals surface area contributed by atoms with E-state index in [2.05, 4.69) is 0 Å². The molecule has 0 aromatic heterocycles. The molecular formula is C32H26N2O5S3. The number of thioether (sulfide) groups is 1. The van der Waals surface area contributed by atoms with Gasteiger partial charge in [-0.15, -0.1) is 0 Å². The van der Waals surface area contributed by atoms with Gasteiger partial charge < -0.3 is 5.73 Å². The summed E-state index contributed by atoms with van der Waals surface area (Å²) in [6, 6.07) is 33.5. The van der Waals surface area contributed by atoms with Gasteiger partial charge >= 0.3 is 0 Å². The number of rotatable bonds is 7. The van der Waals surface area contributed by atoms with Crippen LogP contribution in [0.4, 0.5) is 0 Å². The van der Waals surface area contributed by atoms with Crippen LogP contribution in [0.1, 0.15) is 17.0 Å². The summed E-state index contributed by atoms with van der Waals surface area (Å²) in [6.07, 6.45) is 0.313. The van der Waals surface area contributed by atoms with Crippen molar-refractivity contribution in [2.24, 2.45) is 5.73 Å². The van der Waals surface area contributed by atoms with E-state index < -0.39 is 36.7 Å². The Balaban J connectivity index is 1.65. The highest BCUT2D eigenvalue weighted by Gasteiger charge is 2.52. The SMILES string of the molecule is NC1=C(S(=O)(=O)c2ccccc2)C(c2ccccc2)C(S(=O)(=O)c2ccccc2)=C2SC(Cc3ccccc3)C(=O)N12. The second-order valence-corrected chi connectivity index (χ2v) is 14.9. The van der Waals surface area contributed by atoms with Crippen LogP contribution in [0.3, 0.4) is 0 Å². The van der Waals surface area contributed by atoms with Gasteiger partial charge in [0.15, 0.2) is 0 Å². The molecule has 42 heavy (non-hydrogen) atoms. The van der Waals surface area contributed by atoms with Crippen LogP contribution in [0.2, 0.25) is 0 Å². The molecule has 1 fully saturated rings. The minimum absolute atomic E-state index is 0.00938. The molecular weight excluding hydrogens is 589 g/mol. The van der Waals surface area contributed by atoms with Crippen molar-refractivity contribution in [2.45, 2.75) is 27.4 Å². The smallest absolute Gasteiger partial charge is 0.247 e. The number of carbonyl (C=O) groups excluding carboxylic acids is 1. The van der Waals surface area contributed by atoms with E-state index in [1.165, 1.54) is 24.3 Å². The van der Waals surface area contributed by atoms with Crippen molar-refractivity contribution in [1.82, 2.24) is 4.90 Å². The van der Waals surface area contributed by atoms with Gasteiger partial charge in [0.2, 0.25) is 25.6 Å². The molecule has 0 saturated carbocycles. The van der Waals surface area contributed by atoms with Gasteiger partial charge in [0, 0.05) is 0 Å². The molecule has 0 radical (unpaired) electrons. The fraction of sp³-hybridized carbons (Fsp3) is 0.0938. The molecule has 2 aliphatic heterocycles. The van der Waals surface area contributed by atoms with Gasteiger partial charge in [-0.2, -0.15) is 0 Å². The lowest BCUT2D eigenvalue weighted by molar-refractivity contribution is -0.126. The number of carbonyl (C=O) groups is 1. The molecule has 0 spiro atoms. The third-order valence-electron chi connectivity index (χ3n) is 7.26. The molecule has 6 rings (SSSR count). The van der Waals surface area contributed by atoms with Crippen molar-refractivity contribution < 1.29 is 21.6 Å². The highest BCUT2D eigenvalue weighted by Crippen LogP contribution is 2.54. The van der Waals surface area contributed by atoms with Gasteiger partial charge in [0.05, 0.1) is 25.9 Å². The standard InChI is InChI=1S/C32H26N2O5S3/c33-30-28(41(36,37)24-17-9-3-10-18-24)27(23-15-7-2-8-16-23)29(42(38,39)25-19-11-4-12-20-25)32-34(30)31(35)26(40-32)21-22-13-5-1-6-14-22/h1-20,26-27H,21,33H2. The Morgan fingerprint density at radius 1 is 0.643 bits per heavy atom. The minimum atomic E-state index is -4.37. The predicted molar refractivity (Wildman–Crippen MR) is 163 cm³/mol. The molecule has 212 valence electrons. The highest BCUT2D eigenvalue weighted by molar-refractivity contribution is 8.06. The summed E-state index contributed by atoms with van der Waals surface area (Å²) in [7, 11) is -8.69. The van der Waals surface area contributed by atoms with Gasteiger partial charge in [0.25, 0.3) is 0 Å². The van der Waals surface area contributed by atoms with Gasteiger partial charge in [0.1, 0.15) is 15.8 Å². The van der Waals surface area contributed by atoms with E-state index in [0.29, 0.717) is 12.0 Å². The number of hydrogen-bond acceptors (Lipinski definition) is 7. The largest absolute Gasteiger partial charge is 0.384 e. The van der Waals surface area contributed by atoms with Gasteiger partial charge in [-0.05, 0) is 41.8 Å². The normalized spacial score (nSPS) is 19.2. The van der Waals surface area contributed by atoms with Gasteiger partial charge in [-0.3, -0.25) is 9.69 Å². The van der Waals surface area contributed by atoms with Crippen LogP contribution in [0.15, 0.2) is 152 Å². The molecule has 2 atom stereocenters. The van der Waals surface area contributed by atoms with Crippen molar-refractivity contribution in [2.75, 3.05) is 0 Å². The van der Waals surface area contributed by atoms with Crippen molar-refractivity contribution in [3.05, 3.63) is 153 Å². The van der Waals surface area contributed by atoms with Gasteiger partial charge in [-0.25, -0.2) is 16.8 Å². The number of fused-ring (bicyclic) bond motifs is 1. The summed E-state index contributed by atoms with van der Waals surface area (Å²) >= 11 is 1.11.